The highest BCUT2D eigenvalue weighted by Gasteiger charge is 2.18. The Bertz CT molecular complexity index is 235. The van der Waals surface area contributed by atoms with Gasteiger partial charge in [0.25, 0.3) is 0 Å². The van der Waals surface area contributed by atoms with Crippen LogP contribution in [0.2, 0.25) is 0 Å². The van der Waals surface area contributed by atoms with E-state index in [1.165, 1.54) is 12.1 Å². The first-order chi connectivity index (χ1) is 5.00. The van der Waals surface area contributed by atoms with Crippen molar-refractivity contribution in [3.05, 3.63) is 35.6 Å². The lowest BCUT2D eigenvalue weighted by atomic mass is 10.1. The maximum Gasteiger partial charge on any atom is 0.140 e. The van der Waals surface area contributed by atoms with Crippen molar-refractivity contribution in [1.82, 2.24) is 0 Å². The first-order valence-electron chi connectivity index (χ1n) is 3.14. The first-order valence-corrected chi connectivity index (χ1v) is 3.89. The molecule has 1 rings (SSSR count). The van der Waals surface area contributed by atoms with Crippen molar-refractivity contribution in [1.29, 1.82) is 0 Å². The van der Waals surface area contributed by atoms with Crippen LogP contribution in [0.4, 0.5) is 4.39 Å². The molecule has 11 heavy (non-hydrogen) atoms. The van der Waals surface area contributed by atoms with Gasteiger partial charge in [0.05, 0.1) is 0 Å². The minimum atomic E-state index is -0.937. The fourth-order valence-corrected chi connectivity index (χ4v) is 0.995. The highest BCUT2D eigenvalue weighted by atomic mass is 35.5. The zero-order valence-electron chi connectivity index (χ0n) is 5.94. The molecule has 0 saturated heterocycles. The predicted octanol–water partition coefficient (Wildman–Crippen LogP) is 3.48. The largest absolute Gasteiger partial charge is 0.207 e. The Morgan fingerprint density at radius 1 is 1.18 bits per heavy atom. The van der Waals surface area contributed by atoms with Crippen molar-refractivity contribution in [2.24, 2.45) is 0 Å². The van der Waals surface area contributed by atoms with Crippen LogP contribution in [0.15, 0.2) is 24.3 Å². The number of benzene rings is 1. The Labute approximate surface area is 74.9 Å². The number of halogens is 3. The molecule has 0 aliphatic carbocycles. The van der Waals surface area contributed by atoms with Crippen LogP contribution >= 0.6 is 23.2 Å². The molecule has 0 unspecified atom stereocenters. The van der Waals surface area contributed by atoms with E-state index in [0.717, 1.165) is 0 Å². The van der Waals surface area contributed by atoms with Gasteiger partial charge in [-0.2, -0.15) is 0 Å². The van der Waals surface area contributed by atoms with Gasteiger partial charge in [0, 0.05) is 0 Å². The lowest BCUT2D eigenvalue weighted by Gasteiger charge is -2.12. The smallest absolute Gasteiger partial charge is 0.140 e. The molecule has 0 atom stereocenters. The molecular formula is C8H7Cl2F. The van der Waals surface area contributed by atoms with E-state index >= 15 is 0 Å². The van der Waals surface area contributed by atoms with Crippen LogP contribution in [0.3, 0.4) is 0 Å². The fourth-order valence-electron chi connectivity index (χ4n) is 0.743. The highest BCUT2D eigenvalue weighted by molar-refractivity contribution is 6.47. The minimum Gasteiger partial charge on any atom is -0.207 e. The Kier molecular flexibility index (Phi) is 2.40. The maximum atomic E-state index is 12.4. The summed E-state index contributed by atoms with van der Waals surface area (Å²) in [5.41, 5.74) is 0.697. The SMILES string of the molecule is CC(Cl)(Cl)c1ccc(F)cc1. The molecular weight excluding hydrogens is 186 g/mol. The monoisotopic (exact) mass is 192 g/mol. The van der Waals surface area contributed by atoms with E-state index in [1.54, 1.807) is 19.1 Å². The lowest BCUT2D eigenvalue weighted by molar-refractivity contribution is 0.626. The van der Waals surface area contributed by atoms with Gasteiger partial charge in [-0.15, -0.1) is 0 Å². The molecule has 3 heteroatoms. The summed E-state index contributed by atoms with van der Waals surface area (Å²) in [6.45, 7) is 1.64. The summed E-state index contributed by atoms with van der Waals surface area (Å²) in [6.07, 6.45) is 0. The molecule has 0 N–H and O–H groups in total. The molecule has 0 radical (unpaired) electrons. The van der Waals surface area contributed by atoms with Gasteiger partial charge in [0.2, 0.25) is 0 Å². The topological polar surface area (TPSA) is 0 Å². The van der Waals surface area contributed by atoms with E-state index in [4.69, 9.17) is 23.2 Å². The molecule has 0 nitrogen and oxygen atoms in total. The zero-order valence-corrected chi connectivity index (χ0v) is 7.46. The molecule has 0 fully saturated rings. The van der Waals surface area contributed by atoms with Crippen molar-refractivity contribution in [3.63, 3.8) is 0 Å². The Morgan fingerprint density at radius 3 is 2.00 bits per heavy atom. The number of hydrogen-bond donors (Lipinski definition) is 0. The van der Waals surface area contributed by atoms with Gasteiger partial charge >= 0.3 is 0 Å². The van der Waals surface area contributed by atoms with E-state index < -0.39 is 4.33 Å². The summed E-state index contributed by atoms with van der Waals surface area (Å²) in [7, 11) is 0. The van der Waals surface area contributed by atoms with Crippen LogP contribution in [0, 0.1) is 5.82 Å². The van der Waals surface area contributed by atoms with Crippen molar-refractivity contribution < 1.29 is 4.39 Å². The van der Waals surface area contributed by atoms with E-state index in [-0.39, 0.29) is 5.82 Å². The van der Waals surface area contributed by atoms with Crippen LogP contribution in [-0.4, -0.2) is 0 Å². The van der Waals surface area contributed by atoms with E-state index in [1.807, 2.05) is 0 Å². The van der Waals surface area contributed by atoms with Crippen LogP contribution in [0.25, 0.3) is 0 Å². The van der Waals surface area contributed by atoms with Gasteiger partial charge in [0.15, 0.2) is 0 Å². The molecule has 1 aromatic carbocycles. The van der Waals surface area contributed by atoms with Crippen LogP contribution in [0.1, 0.15) is 12.5 Å². The first kappa shape index (κ1) is 8.82. The van der Waals surface area contributed by atoms with Gasteiger partial charge in [-0.3, -0.25) is 0 Å². The second-order valence-corrected chi connectivity index (χ2v) is 4.10. The van der Waals surface area contributed by atoms with Crippen molar-refractivity contribution in [2.75, 3.05) is 0 Å². The molecule has 0 aromatic heterocycles. The Morgan fingerprint density at radius 2 is 1.64 bits per heavy atom. The van der Waals surface area contributed by atoms with Crippen molar-refractivity contribution in [3.8, 4) is 0 Å². The normalized spacial score (nSPS) is 11.6. The average molecular weight is 193 g/mol. The Hall–Kier alpha value is -0.270. The third-order valence-corrected chi connectivity index (χ3v) is 1.79. The summed E-state index contributed by atoms with van der Waals surface area (Å²) < 4.78 is 11.5. The molecule has 1 aromatic rings. The van der Waals surface area contributed by atoms with Gasteiger partial charge in [-0.05, 0) is 24.6 Å². The van der Waals surface area contributed by atoms with Gasteiger partial charge < -0.3 is 0 Å². The third kappa shape index (κ3) is 2.35. The number of hydrogen-bond acceptors (Lipinski definition) is 0. The quantitative estimate of drug-likeness (QED) is 0.599. The number of alkyl halides is 2. The summed E-state index contributed by atoms with van der Waals surface area (Å²) in [5, 5.41) is 0. The summed E-state index contributed by atoms with van der Waals surface area (Å²) in [6, 6.07) is 5.79. The maximum absolute atomic E-state index is 12.4. The molecule has 0 aliphatic heterocycles. The molecule has 0 spiro atoms. The van der Waals surface area contributed by atoms with Crippen LogP contribution in [0.5, 0.6) is 0 Å². The summed E-state index contributed by atoms with van der Waals surface area (Å²) in [5.74, 6) is -0.286. The average Bonchev–Trinajstić information content (AvgIpc) is 1.86. The fraction of sp³-hybridized carbons (Fsp3) is 0.250. The molecule has 0 amide bonds. The zero-order chi connectivity index (χ0) is 8.48. The van der Waals surface area contributed by atoms with E-state index in [2.05, 4.69) is 0 Å². The minimum absolute atomic E-state index is 0.286. The summed E-state index contributed by atoms with van der Waals surface area (Å²) in [4.78, 5) is 0. The number of rotatable bonds is 1. The molecule has 0 bridgehead atoms. The second kappa shape index (κ2) is 3.00. The molecule has 0 heterocycles. The summed E-state index contributed by atoms with van der Waals surface area (Å²) >= 11 is 11.5. The van der Waals surface area contributed by atoms with Gasteiger partial charge in [-0.1, -0.05) is 35.3 Å². The molecule has 0 saturated carbocycles. The second-order valence-electron chi connectivity index (χ2n) is 2.40. The van der Waals surface area contributed by atoms with Crippen molar-refractivity contribution in [2.45, 2.75) is 11.3 Å². The standard InChI is InChI=1S/C8H7Cl2F/c1-8(9,10)6-2-4-7(11)5-3-6/h2-5H,1H3. The molecule has 60 valence electrons. The van der Waals surface area contributed by atoms with Crippen LogP contribution < -0.4 is 0 Å². The van der Waals surface area contributed by atoms with Gasteiger partial charge in [0.1, 0.15) is 10.2 Å². The van der Waals surface area contributed by atoms with E-state index in [0.29, 0.717) is 5.56 Å². The van der Waals surface area contributed by atoms with E-state index in [9.17, 15) is 4.39 Å². The third-order valence-electron chi connectivity index (χ3n) is 1.35. The van der Waals surface area contributed by atoms with Crippen LogP contribution in [-0.2, 0) is 4.33 Å². The predicted molar refractivity (Wildman–Crippen MR) is 45.5 cm³/mol. The Balaban J connectivity index is 2.99. The molecule has 0 aliphatic rings. The van der Waals surface area contributed by atoms with Crippen molar-refractivity contribution >= 4 is 23.2 Å². The highest BCUT2D eigenvalue weighted by Crippen LogP contribution is 2.32. The lowest BCUT2D eigenvalue weighted by Crippen LogP contribution is -2.02. The van der Waals surface area contributed by atoms with Gasteiger partial charge in [-0.25, -0.2) is 4.39 Å².